The van der Waals surface area contributed by atoms with Crippen LogP contribution in [0.3, 0.4) is 0 Å². The number of phenols is 1. The fourth-order valence-corrected chi connectivity index (χ4v) is 4.18. The maximum Gasteiger partial charge on any atom is 0.131 e. The third-order valence-electron chi connectivity index (χ3n) is 5.64. The van der Waals surface area contributed by atoms with Crippen LogP contribution in [0.1, 0.15) is 41.5 Å². The second-order valence-corrected chi connectivity index (χ2v) is 7.68. The lowest BCUT2D eigenvalue weighted by Gasteiger charge is -2.29. The molecule has 0 spiro atoms. The Morgan fingerprint density at radius 2 is 1.50 bits per heavy atom. The van der Waals surface area contributed by atoms with E-state index in [1.807, 2.05) is 0 Å². The predicted molar refractivity (Wildman–Crippen MR) is 101 cm³/mol. The molecular formula is C22H27FN2O. The predicted octanol–water partition coefficient (Wildman–Crippen LogP) is 4.08. The molecular weight excluding hydrogens is 327 g/mol. The van der Waals surface area contributed by atoms with Crippen LogP contribution < -0.4 is 0 Å². The topological polar surface area (TPSA) is 26.7 Å². The Morgan fingerprint density at radius 1 is 0.846 bits per heavy atom. The summed E-state index contributed by atoms with van der Waals surface area (Å²) in [7, 11) is 0. The molecule has 0 saturated carbocycles. The van der Waals surface area contributed by atoms with Gasteiger partial charge in [0, 0.05) is 37.8 Å². The Balaban J connectivity index is 1.37. The molecule has 2 aromatic rings. The first-order valence-electron chi connectivity index (χ1n) is 9.70. The van der Waals surface area contributed by atoms with E-state index in [1.54, 1.807) is 6.07 Å². The van der Waals surface area contributed by atoms with Gasteiger partial charge in [0.2, 0.25) is 0 Å². The molecule has 2 aromatic carbocycles. The van der Waals surface area contributed by atoms with Crippen LogP contribution in [0.5, 0.6) is 5.75 Å². The molecule has 2 heterocycles. The first-order chi connectivity index (χ1) is 12.7. The average Bonchev–Trinajstić information content (AvgIpc) is 2.65. The van der Waals surface area contributed by atoms with Gasteiger partial charge in [0.1, 0.15) is 11.6 Å². The molecule has 2 aliphatic heterocycles. The number of hydrogen-bond acceptors (Lipinski definition) is 3. The van der Waals surface area contributed by atoms with Gasteiger partial charge < -0.3 is 5.11 Å². The summed E-state index contributed by atoms with van der Waals surface area (Å²) in [5.41, 5.74) is 4.32. The molecule has 1 saturated heterocycles. The summed E-state index contributed by atoms with van der Waals surface area (Å²) in [6, 6.07) is 11.8. The average molecular weight is 354 g/mol. The van der Waals surface area contributed by atoms with Crippen molar-refractivity contribution < 1.29 is 9.50 Å². The van der Waals surface area contributed by atoms with Crippen LogP contribution in [0.25, 0.3) is 0 Å². The molecule has 0 aliphatic carbocycles. The highest BCUT2D eigenvalue weighted by Crippen LogP contribution is 2.27. The van der Waals surface area contributed by atoms with Crippen LogP contribution in [-0.2, 0) is 26.1 Å². The Morgan fingerprint density at radius 3 is 2.19 bits per heavy atom. The summed E-state index contributed by atoms with van der Waals surface area (Å²) >= 11 is 0. The number of aromatic hydroxyl groups is 1. The molecule has 0 bridgehead atoms. The lowest BCUT2D eigenvalue weighted by molar-refractivity contribution is 0.220. The van der Waals surface area contributed by atoms with Crippen molar-refractivity contribution in [2.45, 2.75) is 45.3 Å². The van der Waals surface area contributed by atoms with Crippen molar-refractivity contribution in [3.05, 3.63) is 64.5 Å². The number of nitrogens with zero attached hydrogens (tertiary/aromatic N) is 2. The van der Waals surface area contributed by atoms with Gasteiger partial charge in [-0.15, -0.1) is 0 Å². The van der Waals surface area contributed by atoms with Crippen LogP contribution >= 0.6 is 0 Å². The number of benzene rings is 2. The Kier molecular flexibility index (Phi) is 5.23. The van der Waals surface area contributed by atoms with Gasteiger partial charge in [0.25, 0.3) is 0 Å². The molecule has 2 aliphatic rings. The molecule has 4 heteroatoms. The van der Waals surface area contributed by atoms with E-state index in [4.69, 9.17) is 0 Å². The van der Waals surface area contributed by atoms with E-state index in [0.717, 1.165) is 37.2 Å². The largest absolute Gasteiger partial charge is 0.508 e. The SMILES string of the molecule is Oc1cc(F)c2c(c1)CCN(Cc1ccc(CN3CCCCC3)cc1)C2. The Bertz CT molecular complexity index is 753. The first-order valence-corrected chi connectivity index (χ1v) is 9.70. The third-order valence-corrected chi connectivity index (χ3v) is 5.64. The lowest BCUT2D eigenvalue weighted by Crippen LogP contribution is -2.31. The van der Waals surface area contributed by atoms with Gasteiger partial charge in [-0.1, -0.05) is 30.7 Å². The van der Waals surface area contributed by atoms with E-state index in [-0.39, 0.29) is 11.6 Å². The van der Waals surface area contributed by atoms with E-state index in [1.165, 1.54) is 49.5 Å². The van der Waals surface area contributed by atoms with Crippen molar-refractivity contribution in [3.8, 4) is 5.75 Å². The highest BCUT2D eigenvalue weighted by Gasteiger charge is 2.20. The zero-order valence-electron chi connectivity index (χ0n) is 15.3. The lowest BCUT2D eigenvalue weighted by atomic mass is 9.98. The minimum Gasteiger partial charge on any atom is -0.508 e. The van der Waals surface area contributed by atoms with Gasteiger partial charge in [0.15, 0.2) is 0 Å². The summed E-state index contributed by atoms with van der Waals surface area (Å²) in [6.45, 7) is 5.82. The number of phenolic OH excluding ortho intramolecular Hbond substituents is 1. The normalized spacial score (nSPS) is 18.7. The fraction of sp³-hybridized carbons (Fsp3) is 0.455. The summed E-state index contributed by atoms with van der Waals surface area (Å²) in [4.78, 5) is 4.82. The van der Waals surface area contributed by atoms with Crippen LogP contribution in [-0.4, -0.2) is 34.5 Å². The number of halogens is 1. The number of fused-ring (bicyclic) bond motifs is 1. The molecule has 3 nitrogen and oxygen atoms in total. The molecule has 138 valence electrons. The maximum atomic E-state index is 14.1. The second kappa shape index (κ2) is 7.77. The molecule has 0 unspecified atom stereocenters. The van der Waals surface area contributed by atoms with Gasteiger partial charge in [-0.2, -0.15) is 0 Å². The van der Waals surface area contributed by atoms with Crippen LogP contribution in [0.4, 0.5) is 4.39 Å². The van der Waals surface area contributed by atoms with E-state index in [9.17, 15) is 9.50 Å². The van der Waals surface area contributed by atoms with Crippen molar-refractivity contribution in [2.24, 2.45) is 0 Å². The zero-order chi connectivity index (χ0) is 17.9. The number of piperidine rings is 1. The highest BCUT2D eigenvalue weighted by molar-refractivity contribution is 5.37. The number of hydrogen-bond donors (Lipinski definition) is 1. The van der Waals surface area contributed by atoms with Gasteiger partial charge in [-0.3, -0.25) is 9.80 Å². The van der Waals surface area contributed by atoms with Gasteiger partial charge in [-0.05, 0) is 55.1 Å². The van der Waals surface area contributed by atoms with Crippen molar-refractivity contribution in [1.82, 2.24) is 9.80 Å². The Labute approximate surface area is 155 Å². The Hall–Kier alpha value is -1.91. The van der Waals surface area contributed by atoms with Crippen LogP contribution in [0.15, 0.2) is 36.4 Å². The summed E-state index contributed by atoms with van der Waals surface area (Å²) < 4.78 is 14.1. The van der Waals surface area contributed by atoms with Crippen LogP contribution in [0, 0.1) is 5.82 Å². The fourth-order valence-electron chi connectivity index (χ4n) is 4.18. The molecule has 0 radical (unpaired) electrons. The molecule has 26 heavy (non-hydrogen) atoms. The molecule has 0 amide bonds. The van der Waals surface area contributed by atoms with E-state index in [0.29, 0.717) is 6.54 Å². The molecule has 0 atom stereocenters. The zero-order valence-corrected chi connectivity index (χ0v) is 15.3. The van der Waals surface area contributed by atoms with Crippen molar-refractivity contribution in [2.75, 3.05) is 19.6 Å². The first kappa shape index (κ1) is 17.5. The summed E-state index contributed by atoms with van der Waals surface area (Å²) in [5.74, 6) is -0.263. The second-order valence-electron chi connectivity index (χ2n) is 7.68. The quantitative estimate of drug-likeness (QED) is 0.896. The highest BCUT2D eigenvalue weighted by atomic mass is 19.1. The van der Waals surface area contributed by atoms with Crippen molar-refractivity contribution in [1.29, 1.82) is 0 Å². The van der Waals surface area contributed by atoms with E-state index in [2.05, 4.69) is 34.1 Å². The monoisotopic (exact) mass is 354 g/mol. The molecule has 1 fully saturated rings. The van der Waals surface area contributed by atoms with E-state index >= 15 is 0 Å². The minimum atomic E-state index is -0.290. The van der Waals surface area contributed by atoms with E-state index < -0.39 is 0 Å². The summed E-state index contributed by atoms with van der Waals surface area (Å²) in [5, 5.41) is 9.56. The minimum absolute atomic E-state index is 0.0268. The molecule has 4 rings (SSSR count). The standard InChI is InChI=1S/C22H27FN2O/c23-22-13-20(26)12-19-8-11-25(16-21(19)22)15-18-6-4-17(5-7-18)14-24-9-2-1-3-10-24/h4-7,12-13,26H,1-3,8-11,14-16H2. The third kappa shape index (κ3) is 4.08. The number of rotatable bonds is 4. The maximum absolute atomic E-state index is 14.1. The van der Waals surface area contributed by atoms with Gasteiger partial charge in [0.05, 0.1) is 0 Å². The smallest absolute Gasteiger partial charge is 0.131 e. The van der Waals surface area contributed by atoms with Crippen molar-refractivity contribution in [3.63, 3.8) is 0 Å². The number of likely N-dealkylation sites (tertiary alicyclic amines) is 1. The van der Waals surface area contributed by atoms with Crippen molar-refractivity contribution >= 4 is 0 Å². The van der Waals surface area contributed by atoms with Crippen LogP contribution in [0.2, 0.25) is 0 Å². The van der Waals surface area contributed by atoms with Gasteiger partial charge in [-0.25, -0.2) is 4.39 Å². The van der Waals surface area contributed by atoms with Gasteiger partial charge >= 0.3 is 0 Å². The summed E-state index contributed by atoms with van der Waals surface area (Å²) in [6.07, 6.45) is 4.80. The molecule has 0 aromatic heterocycles. The molecule has 1 N–H and O–H groups in total.